The van der Waals surface area contributed by atoms with Crippen molar-refractivity contribution < 1.29 is 4.79 Å². The number of aldehydes is 1. The number of aryl methyl sites for hydroxylation is 1. The van der Waals surface area contributed by atoms with Gasteiger partial charge in [-0.05, 0) is 23.6 Å². The smallest absolute Gasteiger partial charge is 0.150 e. The molecule has 1 aromatic rings. The van der Waals surface area contributed by atoms with E-state index < -0.39 is 0 Å². The van der Waals surface area contributed by atoms with Crippen LogP contribution in [0.15, 0.2) is 55.1 Å². The van der Waals surface area contributed by atoms with E-state index in [9.17, 15) is 4.79 Å². The second-order valence-electron chi connectivity index (χ2n) is 3.21. The van der Waals surface area contributed by atoms with Gasteiger partial charge in [0.1, 0.15) is 0 Å². The summed E-state index contributed by atoms with van der Waals surface area (Å²) in [6, 6.07) is 7.88. The van der Waals surface area contributed by atoms with Crippen molar-refractivity contribution in [3.05, 3.63) is 66.3 Å². The zero-order valence-electron chi connectivity index (χ0n) is 8.86. The highest BCUT2D eigenvalue weighted by atomic mass is 16.1. The Labute approximate surface area is 90.4 Å². The van der Waals surface area contributed by atoms with Crippen molar-refractivity contribution in [2.24, 2.45) is 0 Å². The van der Waals surface area contributed by atoms with Crippen molar-refractivity contribution in [2.45, 2.75) is 6.92 Å². The van der Waals surface area contributed by atoms with Gasteiger partial charge in [0.25, 0.3) is 0 Å². The van der Waals surface area contributed by atoms with E-state index >= 15 is 0 Å². The molecule has 0 fully saturated rings. The summed E-state index contributed by atoms with van der Waals surface area (Å²) in [5, 5.41) is 0. The summed E-state index contributed by atoms with van der Waals surface area (Å²) < 4.78 is 0. The van der Waals surface area contributed by atoms with Gasteiger partial charge >= 0.3 is 0 Å². The minimum atomic E-state index is 0.569. The monoisotopic (exact) mass is 198 g/mol. The van der Waals surface area contributed by atoms with E-state index in [0.29, 0.717) is 5.57 Å². The molecule has 1 aromatic carbocycles. The molecule has 0 aromatic heterocycles. The highest BCUT2D eigenvalue weighted by Gasteiger charge is 2.04. The van der Waals surface area contributed by atoms with Gasteiger partial charge < -0.3 is 0 Å². The molecule has 0 saturated heterocycles. The average Bonchev–Trinajstić information content (AvgIpc) is 2.27. The van der Waals surface area contributed by atoms with Crippen LogP contribution in [0.1, 0.15) is 11.1 Å². The van der Waals surface area contributed by atoms with Crippen molar-refractivity contribution in [2.75, 3.05) is 0 Å². The van der Waals surface area contributed by atoms with Gasteiger partial charge in [-0.2, -0.15) is 0 Å². The van der Waals surface area contributed by atoms with Crippen LogP contribution in [0.3, 0.4) is 0 Å². The van der Waals surface area contributed by atoms with Crippen LogP contribution >= 0.6 is 0 Å². The third-order valence-electron chi connectivity index (χ3n) is 2.30. The number of hydrogen-bond donors (Lipinski definition) is 0. The van der Waals surface area contributed by atoms with Crippen LogP contribution in [0.5, 0.6) is 0 Å². The molecule has 1 rings (SSSR count). The summed E-state index contributed by atoms with van der Waals surface area (Å²) in [5.74, 6) is 0. The Morgan fingerprint density at radius 2 is 1.87 bits per heavy atom. The third kappa shape index (κ3) is 2.32. The summed E-state index contributed by atoms with van der Waals surface area (Å²) in [5.41, 5.74) is 3.54. The zero-order chi connectivity index (χ0) is 11.3. The van der Waals surface area contributed by atoms with Gasteiger partial charge in [0.15, 0.2) is 6.29 Å². The van der Waals surface area contributed by atoms with Gasteiger partial charge in [0.2, 0.25) is 0 Å². The van der Waals surface area contributed by atoms with Crippen LogP contribution in [0.4, 0.5) is 0 Å². The maximum Gasteiger partial charge on any atom is 0.150 e. The molecule has 0 atom stereocenters. The molecule has 0 saturated carbocycles. The van der Waals surface area contributed by atoms with E-state index in [4.69, 9.17) is 0 Å². The Hall–Kier alpha value is -1.89. The van der Waals surface area contributed by atoms with Crippen molar-refractivity contribution in [1.82, 2.24) is 0 Å². The highest BCUT2D eigenvalue weighted by molar-refractivity contribution is 5.95. The summed E-state index contributed by atoms with van der Waals surface area (Å²) in [4.78, 5) is 10.8. The van der Waals surface area contributed by atoms with Crippen molar-refractivity contribution in [1.29, 1.82) is 0 Å². The zero-order valence-corrected chi connectivity index (χ0v) is 8.86. The maximum absolute atomic E-state index is 10.8. The van der Waals surface area contributed by atoms with E-state index in [1.54, 1.807) is 12.2 Å². The molecular weight excluding hydrogens is 184 g/mol. The van der Waals surface area contributed by atoms with Gasteiger partial charge in [0.05, 0.1) is 0 Å². The molecule has 76 valence electrons. The number of carbonyl (C=O) groups excluding carboxylic acids is 1. The van der Waals surface area contributed by atoms with E-state index in [0.717, 1.165) is 23.0 Å². The van der Waals surface area contributed by atoms with E-state index in [1.807, 2.05) is 31.2 Å². The predicted octanol–water partition coefficient (Wildman–Crippen LogP) is 3.32. The average molecular weight is 198 g/mol. The van der Waals surface area contributed by atoms with Crippen LogP contribution in [-0.2, 0) is 4.79 Å². The lowest BCUT2D eigenvalue weighted by atomic mass is 9.96. The maximum atomic E-state index is 10.8. The second kappa shape index (κ2) is 5.11. The standard InChI is InChI=1S/C14H14O/c1-4-12(10-15)13(5-2)14-9-7-6-8-11(14)3/h4-10H,1-2H2,3H3/b13-12-. The first-order valence-corrected chi connectivity index (χ1v) is 4.75. The second-order valence-corrected chi connectivity index (χ2v) is 3.21. The van der Waals surface area contributed by atoms with Crippen LogP contribution in [0.25, 0.3) is 5.57 Å². The SMILES string of the molecule is C=C/C(C=O)=C(\C=C)c1ccccc1C. The van der Waals surface area contributed by atoms with Crippen LogP contribution in [-0.4, -0.2) is 6.29 Å². The molecule has 0 N–H and O–H groups in total. The van der Waals surface area contributed by atoms with Crippen molar-refractivity contribution >= 4 is 11.9 Å². The minimum Gasteiger partial charge on any atom is -0.298 e. The summed E-state index contributed by atoms with van der Waals surface area (Å²) in [6.45, 7) is 9.35. The first-order chi connectivity index (χ1) is 7.24. The first-order valence-electron chi connectivity index (χ1n) is 4.75. The summed E-state index contributed by atoms with van der Waals surface area (Å²) in [7, 11) is 0. The molecule has 0 amide bonds. The molecular formula is C14H14O. The van der Waals surface area contributed by atoms with Crippen LogP contribution in [0, 0.1) is 6.92 Å². The lowest BCUT2D eigenvalue weighted by Gasteiger charge is -2.07. The lowest BCUT2D eigenvalue weighted by Crippen LogP contribution is -1.91. The minimum absolute atomic E-state index is 0.569. The van der Waals surface area contributed by atoms with E-state index in [2.05, 4.69) is 13.2 Å². The molecule has 0 aliphatic heterocycles. The summed E-state index contributed by atoms with van der Waals surface area (Å²) >= 11 is 0. The fourth-order valence-electron chi connectivity index (χ4n) is 1.48. The van der Waals surface area contributed by atoms with Crippen molar-refractivity contribution in [3.8, 4) is 0 Å². The lowest BCUT2D eigenvalue weighted by molar-refractivity contribution is -0.104. The topological polar surface area (TPSA) is 17.1 Å². The largest absolute Gasteiger partial charge is 0.298 e. The fraction of sp³-hybridized carbons (Fsp3) is 0.0714. The number of carbonyl (C=O) groups is 1. The van der Waals surface area contributed by atoms with Gasteiger partial charge in [-0.1, -0.05) is 49.6 Å². The van der Waals surface area contributed by atoms with E-state index in [-0.39, 0.29) is 0 Å². The molecule has 0 radical (unpaired) electrons. The van der Waals surface area contributed by atoms with Gasteiger partial charge in [-0.15, -0.1) is 0 Å². The molecule has 0 aliphatic carbocycles. The Morgan fingerprint density at radius 1 is 1.20 bits per heavy atom. The quantitative estimate of drug-likeness (QED) is 0.412. The molecule has 15 heavy (non-hydrogen) atoms. The molecule has 0 spiro atoms. The van der Waals surface area contributed by atoms with Crippen molar-refractivity contribution in [3.63, 3.8) is 0 Å². The molecule has 1 nitrogen and oxygen atoms in total. The van der Waals surface area contributed by atoms with Crippen LogP contribution < -0.4 is 0 Å². The normalized spacial score (nSPS) is 11.5. The third-order valence-corrected chi connectivity index (χ3v) is 2.30. The Kier molecular flexibility index (Phi) is 3.81. The van der Waals surface area contributed by atoms with Gasteiger partial charge in [0, 0.05) is 5.57 Å². The number of benzene rings is 1. The molecule has 1 heteroatoms. The molecule has 0 bridgehead atoms. The molecule has 0 aliphatic rings. The van der Waals surface area contributed by atoms with Crippen LogP contribution in [0.2, 0.25) is 0 Å². The Bertz CT molecular complexity index is 415. The highest BCUT2D eigenvalue weighted by Crippen LogP contribution is 2.22. The van der Waals surface area contributed by atoms with Gasteiger partial charge in [-0.25, -0.2) is 0 Å². The Morgan fingerprint density at radius 3 is 2.33 bits per heavy atom. The van der Waals surface area contributed by atoms with E-state index in [1.165, 1.54) is 0 Å². The summed E-state index contributed by atoms with van der Waals surface area (Å²) in [6.07, 6.45) is 4.04. The number of allylic oxidation sites excluding steroid dienone is 4. The predicted molar refractivity (Wildman–Crippen MR) is 64.6 cm³/mol. The first kappa shape index (κ1) is 11.2. The van der Waals surface area contributed by atoms with Gasteiger partial charge in [-0.3, -0.25) is 4.79 Å². The molecule has 0 heterocycles. The Balaban J connectivity index is 3.42. The number of hydrogen-bond acceptors (Lipinski definition) is 1. The number of rotatable bonds is 4. The molecule has 0 unspecified atom stereocenters. The fourth-order valence-corrected chi connectivity index (χ4v) is 1.48.